The molecule has 0 heterocycles. The molecule has 0 amide bonds. The van der Waals surface area contributed by atoms with Crippen LogP contribution >= 0.6 is 0 Å². The Morgan fingerprint density at radius 3 is 2.77 bits per heavy atom. The first-order chi connectivity index (χ1) is 10.6. The van der Waals surface area contributed by atoms with E-state index in [-0.39, 0.29) is 17.4 Å². The number of nitrogens with one attached hydrogen (secondary N) is 1. The van der Waals surface area contributed by atoms with Gasteiger partial charge in [0, 0.05) is 6.54 Å². The lowest BCUT2D eigenvalue weighted by Gasteiger charge is -2.26. The predicted octanol–water partition coefficient (Wildman–Crippen LogP) is 3.35. The van der Waals surface area contributed by atoms with Gasteiger partial charge in [0.15, 0.2) is 5.75 Å². The number of aliphatic hydroxyl groups is 1. The fraction of sp³-hybridized carbons (Fsp3) is 0.625. The summed E-state index contributed by atoms with van der Waals surface area (Å²) < 4.78 is 5.32. The second-order valence-electron chi connectivity index (χ2n) is 5.69. The highest BCUT2D eigenvalue weighted by atomic mass is 16.6. The Labute approximate surface area is 130 Å². The van der Waals surface area contributed by atoms with E-state index in [0.717, 1.165) is 25.7 Å². The highest BCUT2D eigenvalue weighted by molar-refractivity contribution is 5.68. The van der Waals surface area contributed by atoms with Crippen molar-refractivity contribution in [3.05, 3.63) is 28.3 Å². The Bertz CT molecular complexity index is 501. The molecule has 122 valence electrons. The van der Waals surface area contributed by atoms with Crippen LogP contribution in [0.2, 0.25) is 0 Å². The van der Waals surface area contributed by atoms with E-state index in [0.29, 0.717) is 18.8 Å². The number of hydrogen-bond acceptors (Lipinski definition) is 5. The summed E-state index contributed by atoms with van der Waals surface area (Å²) in [4.78, 5) is 10.8. The fourth-order valence-corrected chi connectivity index (χ4v) is 3.03. The lowest BCUT2D eigenvalue weighted by molar-refractivity contribution is -0.384. The summed E-state index contributed by atoms with van der Waals surface area (Å²) in [5.41, 5.74) is 0.325. The summed E-state index contributed by atoms with van der Waals surface area (Å²) in [5.74, 6) is 0.542. The van der Waals surface area contributed by atoms with Crippen LogP contribution in [0.25, 0.3) is 0 Å². The number of rotatable bonds is 7. The van der Waals surface area contributed by atoms with Gasteiger partial charge in [0.2, 0.25) is 0 Å². The summed E-state index contributed by atoms with van der Waals surface area (Å²) in [6.45, 7) is 2.48. The third-order valence-corrected chi connectivity index (χ3v) is 4.18. The summed E-state index contributed by atoms with van der Waals surface area (Å²) >= 11 is 0. The quantitative estimate of drug-likeness (QED) is 0.596. The normalized spacial score (nSPS) is 17.0. The molecule has 0 saturated heterocycles. The van der Waals surface area contributed by atoms with E-state index in [2.05, 4.69) is 5.32 Å². The maximum Gasteiger partial charge on any atom is 0.333 e. The third kappa shape index (κ3) is 4.10. The molecule has 1 aliphatic rings. The van der Waals surface area contributed by atoms with Gasteiger partial charge in [-0.2, -0.15) is 0 Å². The maximum atomic E-state index is 11.3. The molecule has 0 spiro atoms. The van der Waals surface area contributed by atoms with Gasteiger partial charge in [0.05, 0.1) is 17.6 Å². The molecular weight excluding hydrogens is 284 g/mol. The minimum absolute atomic E-state index is 0.0693. The van der Waals surface area contributed by atoms with Gasteiger partial charge in [-0.05, 0) is 37.8 Å². The molecule has 1 fully saturated rings. The van der Waals surface area contributed by atoms with Crippen molar-refractivity contribution in [2.24, 2.45) is 5.92 Å². The van der Waals surface area contributed by atoms with E-state index < -0.39 is 11.0 Å². The molecule has 0 aromatic heterocycles. The van der Waals surface area contributed by atoms with Crippen LogP contribution in [0.4, 0.5) is 11.4 Å². The number of nitro groups is 1. The number of ether oxygens (including phenoxy) is 1. The van der Waals surface area contributed by atoms with E-state index in [9.17, 15) is 15.2 Å². The lowest BCUT2D eigenvalue weighted by Crippen LogP contribution is -2.30. The van der Waals surface area contributed by atoms with Gasteiger partial charge in [0.1, 0.15) is 5.69 Å². The molecule has 2 rings (SSSR count). The van der Waals surface area contributed by atoms with E-state index >= 15 is 0 Å². The van der Waals surface area contributed by atoms with Crippen molar-refractivity contribution >= 4 is 11.4 Å². The SMILES string of the molecule is CCOc1cccc(NCC(O)C2CCCCC2)c1[N+](=O)[O-]. The minimum Gasteiger partial charge on any atom is -0.487 e. The molecule has 6 nitrogen and oxygen atoms in total. The zero-order valence-electron chi connectivity index (χ0n) is 13.0. The molecule has 0 bridgehead atoms. The molecule has 1 aliphatic carbocycles. The number of anilines is 1. The largest absolute Gasteiger partial charge is 0.487 e. The molecule has 1 saturated carbocycles. The van der Waals surface area contributed by atoms with E-state index in [1.165, 1.54) is 6.42 Å². The lowest BCUT2D eigenvalue weighted by atomic mass is 9.85. The van der Waals surface area contributed by atoms with Crippen molar-refractivity contribution < 1.29 is 14.8 Å². The third-order valence-electron chi connectivity index (χ3n) is 4.18. The van der Waals surface area contributed by atoms with Gasteiger partial charge >= 0.3 is 5.69 Å². The molecular formula is C16H24N2O4. The van der Waals surface area contributed by atoms with Crippen molar-refractivity contribution in [1.82, 2.24) is 0 Å². The van der Waals surface area contributed by atoms with Crippen LogP contribution in [-0.2, 0) is 0 Å². The summed E-state index contributed by atoms with van der Waals surface area (Å²) in [6, 6.07) is 4.95. The van der Waals surface area contributed by atoms with Gasteiger partial charge in [-0.15, -0.1) is 0 Å². The van der Waals surface area contributed by atoms with Crippen molar-refractivity contribution in [3.8, 4) is 5.75 Å². The van der Waals surface area contributed by atoms with Crippen LogP contribution in [0.15, 0.2) is 18.2 Å². The Morgan fingerprint density at radius 1 is 1.41 bits per heavy atom. The highest BCUT2D eigenvalue weighted by Gasteiger charge is 2.24. The second-order valence-corrected chi connectivity index (χ2v) is 5.69. The van der Waals surface area contributed by atoms with Crippen molar-refractivity contribution in [3.63, 3.8) is 0 Å². The molecule has 22 heavy (non-hydrogen) atoms. The number of para-hydroxylation sites is 1. The van der Waals surface area contributed by atoms with Crippen LogP contribution in [0.5, 0.6) is 5.75 Å². The van der Waals surface area contributed by atoms with Gasteiger partial charge in [-0.3, -0.25) is 10.1 Å². The van der Waals surface area contributed by atoms with Gasteiger partial charge in [-0.25, -0.2) is 0 Å². The van der Waals surface area contributed by atoms with E-state index in [4.69, 9.17) is 4.74 Å². The Hall–Kier alpha value is -1.82. The van der Waals surface area contributed by atoms with Crippen LogP contribution < -0.4 is 10.1 Å². The zero-order valence-corrected chi connectivity index (χ0v) is 13.0. The predicted molar refractivity (Wildman–Crippen MR) is 85.3 cm³/mol. The average Bonchev–Trinajstić information content (AvgIpc) is 2.53. The fourth-order valence-electron chi connectivity index (χ4n) is 3.03. The van der Waals surface area contributed by atoms with Crippen molar-refractivity contribution in [2.75, 3.05) is 18.5 Å². The number of nitrogens with zero attached hydrogens (tertiary/aromatic N) is 1. The molecule has 1 atom stereocenters. The number of nitro benzene ring substituents is 1. The minimum atomic E-state index is -0.476. The zero-order chi connectivity index (χ0) is 15.9. The Kier molecular flexibility index (Phi) is 6.00. The first-order valence-corrected chi connectivity index (χ1v) is 7.95. The molecule has 1 aromatic rings. The first kappa shape index (κ1) is 16.5. The summed E-state index contributed by atoms with van der Waals surface area (Å²) in [6.07, 6.45) is 5.13. The number of hydrogen-bond donors (Lipinski definition) is 2. The van der Waals surface area contributed by atoms with Crippen LogP contribution in [0.3, 0.4) is 0 Å². The average molecular weight is 308 g/mol. The van der Waals surface area contributed by atoms with E-state index in [1.54, 1.807) is 25.1 Å². The summed E-state index contributed by atoms with van der Waals surface area (Å²) in [5, 5.41) is 24.6. The highest BCUT2D eigenvalue weighted by Crippen LogP contribution is 2.35. The van der Waals surface area contributed by atoms with Gasteiger partial charge in [0.25, 0.3) is 0 Å². The van der Waals surface area contributed by atoms with Gasteiger partial charge in [-0.1, -0.05) is 25.3 Å². The monoisotopic (exact) mass is 308 g/mol. The molecule has 1 unspecified atom stereocenters. The van der Waals surface area contributed by atoms with E-state index in [1.807, 2.05) is 0 Å². The topological polar surface area (TPSA) is 84.6 Å². The molecule has 0 radical (unpaired) electrons. The van der Waals surface area contributed by atoms with Gasteiger partial charge < -0.3 is 15.2 Å². The van der Waals surface area contributed by atoms with Crippen molar-refractivity contribution in [1.29, 1.82) is 0 Å². The standard InChI is InChI=1S/C16H24N2O4/c1-2-22-15-10-6-9-13(16(15)18(20)21)17-11-14(19)12-7-4-3-5-8-12/h6,9-10,12,14,17,19H,2-5,7-8,11H2,1H3. The maximum absolute atomic E-state index is 11.3. The molecule has 0 aliphatic heterocycles. The van der Waals surface area contributed by atoms with Crippen LogP contribution in [0, 0.1) is 16.0 Å². The number of benzene rings is 1. The first-order valence-electron chi connectivity index (χ1n) is 7.95. The Morgan fingerprint density at radius 2 is 2.14 bits per heavy atom. The molecule has 2 N–H and O–H groups in total. The smallest absolute Gasteiger partial charge is 0.333 e. The molecule has 6 heteroatoms. The van der Waals surface area contributed by atoms with Crippen molar-refractivity contribution in [2.45, 2.75) is 45.1 Å². The molecule has 1 aromatic carbocycles. The number of aliphatic hydroxyl groups excluding tert-OH is 1. The summed E-state index contributed by atoms with van der Waals surface area (Å²) in [7, 11) is 0. The van der Waals surface area contributed by atoms with Crippen LogP contribution in [0.1, 0.15) is 39.0 Å². The second kappa shape index (κ2) is 7.98. The van der Waals surface area contributed by atoms with Crippen LogP contribution in [-0.4, -0.2) is 29.3 Å². The Balaban J connectivity index is 2.05.